The fourth-order valence-electron chi connectivity index (χ4n) is 2.68. The van der Waals surface area contributed by atoms with Crippen LogP contribution >= 0.6 is 24.0 Å². The predicted molar refractivity (Wildman–Crippen MR) is 87.3 cm³/mol. The number of halogens is 2. The van der Waals surface area contributed by atoms with Crippen molar-refractivity contribution < 1.29 is 9.53 Å². The lowest BCUT2D eigenvalue weighted by Crippen LogP contribution is -2.42. The van der Waals surface area contributed by atoms with Crippen LogP contribution in [0.5, 0.6) is 5.75 Å². The summed E-state index contributed by atoms with van der Waals surface area (Å²) in [5.74, 6) is 0.993. The molecule has 118 valence electrons. The maximum Gasteiger partial charge on any atom is 0.258 e. The molecule has 0 radical (unpaired) electrons. The first-order chi connectivity index (χ1) is 9.60. The number of rotatable bonds is 5. The Balaban J connectivity index is 0.00000220. The number of hydrogen-bond acceptors (Lipinski definition) is 3. The summed E-state index contributed by atoms with van der Waals surface area (Å²) in [6.07, 6.45) is 3.23. The molecule has 0 spiro atoms. The zero-order chi connectivity index (χ0) is 14.5. The summed E-state index contributed by atoms with van der Waals surface area (Å²) in [6, 6.07) is 5.55. The zero-order valence-corrected chi connectivity index (χ0v) is 13.7. The topological polar surface area (TPSA) is 64.3 Å². The van der Waals surface area contributed by atoms with Gasteiger partial charge in [0, 0.05) is 11.1 Å². The number of carbonyl (C=O) groups excluding carboxylic acids is 1. The van der Waals surface area contributed by atoms with Crippen molar-refractivity contribution in [3.8, 4) is 5.75 Å². The monoisotopic (exact) mass is 332 g/mol. The molecule has 4 nitrogen and oxygen atoms in total. The molecule has 2 unspecified atom stereocenters. The lowest BCUT2D eigenvalue weighted by molar-refractivity contribution is -0.124. The second-order valence-electron chi connectivity index (χ2n) is 5.30. The molecule has 0 heterocycles. The van der Waals surface area contributed by atoms with E-state index in [1.807, 2.05) is 13.0 Å². The molecule has 0 saturated heterocycles. The van der Waals surface area contributed by atoms with Crippen molar-refractivity contribution in [2.24, 2.45) is 11.7 Å². The molecule has 3 N–H and O–H groups in total. The highest BCUT2D eigenvalue weighted by Gasteiger charge is 2.27. The highest BCUT2D eigenvalue weighted by atomic mass is 35.5. The Morgan fingerprint density at radius 2 is 2.24 bits per heavy atom. The third kappa shape index (κ3) is 5.06. The molecule has 1 aliphatic carbocycles. The Morgan fingerprint density at radius 1 is 1.48 bits per heavy atom. The van der Waals surface area contributed by atoms with Gasteiger partial charge < -0.3 is 15.8 Å². The Hall–Kier alpha value is -0.970. The highest BCUT2D eigenvalue weighted by Crippen LogP contribution is 2.25. The number of carbonyl (C=O) groups is 1. The van der Waals surface area contributed by atoms with E-state index in [1.54, 1.807) is 12.1 Å². The van der Waals surface area contributed by atoms with Crippen LogP contribution < -0.4 is 15.8 Å². The van der Waals surface area contributed by atoms with Gasteiger partial charge in [0.2, 0.25) is 0 Å². The van der Waals surface area contributed by atoms with Gasteiger partial charge in [-0.3, -0.25) is 4.79 Å². The summed E-state index contributed by atoms with van der Waals surface area (Å²) in [5.41, 5.74) is 6.63. The lowest BCUT2D eigenvalue weighted by Gasteiger charge is -2.19. The molecule has 1 aromatic rings. The number of hydrogen-bond donors (Lipinski definition) is 2. The van der Waals surface area contributed by atoms with E-state index in [0.29, 0.717) is 23.2 Å². The van der Waals surface area contributed by atoms with Crippen LogP contribution in [-0.4, -0.2) is 25.1 Å². The van der Waals surface area contributed by atoms with Crippen molar-refractivity contribution in [1.82, 2.24) is 5.32 Å². The van der Waals surface area contributed by atoms with Crippen LogP contribution in [0.4, 0.5) is 0 Å². The lowest BCUT2D eigenvalue weighted by atomic mass is 10.0. The number of nitrogens with one attached hydrogen (secondary N) is 1. The number of nitrogens with two attached hydrogens (primary N) is 1. The second-order valence-corrected chi connectivity index (χ2v) is 5.74. The van der Waals surface area contributed by atoms with Gasteiger partial charge in [-0.05, 0) is 56.0 Å². The number of benzene rings is 1. The van der Waals surface area contributed by atoms with Gasteiger partial charge in [0.05, 0.1) is 0 Å². The van der Waals surface area contributed by atoms with Crippen molar-refractivity contribution in [2.75, 3.05) is 13.2 Å². The van der Waals surface area contributed by atoms with E-state index < -0.39 is 0 Å². The van der Waals surface area contributed by atoms with Gasteiger partial charge in [-0.2, -0.15) is 0 Å². The Bertz CT molecular complexity index is 483. The molecule has 6 heteroatoms. The SMILES string of the molecule is Cc1cc(Cl)ccc1OCC(=O)NC1CCCC1CN.Cl. The first kappa shape index (κ1) is 18.1. The van der Waals surface area contributed by atoms with Gasteiger partial charge >= 0.3 is 0 Å². The van der Waals surface area contributed by atoms with Crippen LogP contribution in [0, 0.1) is 12.8 Å². The molecular weight excluding hydrogens is 311 g/mol. The normalized spacial score (nSPS) is 20.7. The van der Waals surface area contributed by atoms with Crippen molar-refractivity contribution >= 4 is 29.9 Å². The molecule has 0 aromatic heterocycles. The van der Waals surface area contributed by atoms with E-state index in [9.17, 15) is 4.79 Å². The zero-order valence-electron chi connectivity index (χ0n) is 12.1. The van der Waals surface area contributed by atoms with Crippen LogP contribution in [0.1, 0.15) is 24.8 Å². The molecule has 1 aromatic carbocycles. The van der Waals surface area contributed by atoms with Gasteiger partial charge in [0.25, 0.3) is 5.91 Å². The highest BCUT2D eigenvalue weighted by molar-refractivity contribution is 6.30. The molecular formula is C15H22Cl2N2O2. The summed E-state index contributed by atoms with van der Waals surface area (Å²) in [7, 11) is 0. The van der Waals surface area contributed by atoms with Crippen molar-refractivity contribution in [3.63, 3.8) is 0 Å². The third-order valence-electron chi connectivity index (χ3n) is 3.80. The van der Waals surface area contributed by atoms with Crippen LogP contribution in [0.15, 0.2) is 18.2 Å². The molecule has 1 saturated carbocycles. The summed E-state index contributed by atoms with van der Waals surface area (Å²) in [5, 5.41) is 3.67. The van der Waals surface area contributed by atoms with Crippen molar-refractivity contribution in [3.05, 3.63) is 28.8 Å². The van der Waals surface area contributed by atoms with E-state index in [1.165, 1.54) is 0 Å². The van der Waals surface area contributed by atoms with Gasteiger partial charge in [-0.25, -0.2) is 0 Å². The quantitative estimate of drug-likeness (QED) is 0.871. The maximum absolute atomic E-state index is 11.9. The summed E-state index contributed by atoms with van der Waals surface area (Å²) in [6.45, 7) is 2.55. The predicted octanol–water partition coefficient (Wildman–Crippen LogP) is 2.69. The third-order valence-corrected chi connectivity index (χ3v) is 4.04. The minimum absolute atomic E-state index is 0. The number of ether oxygens (including phenoxy) is 1. The summed E-state index contributed by atoms with van der Waals surface area (Å²) >= 11 is 5.88. The fraction of sp³-hybridized carbons (Fsp3) is 0.533. The molecule has 0 aliphatic heterocycles. The first-order valence-corrected chi connectivity index (χ1v) is 7.36. The molecule has 0 bridgehead atoms. The largest absolute Gasteiger partial charge is 0.484 e. The van der Waals surface area contributed by atoms with Crippen LogP contribution in [-0.2, 0) is 4.79 Å². The van der Waals surface area contributed by atoms with Gasteiger partial charge in [-0.1, -0.05) is 18.0 Å². The second kappa shape index (κ2) is 8.47. The summed E-state index contributed by atoms with van der Waals surface area (Å²) in [4.78, 5) is 11.9. The number of aryl methyl sites for hydroxylation is 1. The van der Waals surface area contributed by atoms with Crippen molar-refractivity contribution in [1.29, 1.82) is 0 Å². The van der Waals surface area contributed by atoms with Crippen molar-refractivity contribution in [2.45, 2.75) is 32.2 Å². The van der Waals surface area contributed by atoms with E-state index in [-0.39, 0.29) is 31.0 Å². The van der Waals surface area contributed by atoms with Crippen LogP contribution in [0.3, 0.4) is 0 Å². The Labute approximate surface area is 136 Å². The summed E-state index contributed by atoms with van der Waals surface area (Å²) < 4.78 is 5.53. The number of amides is 1. The maximum atomic E-state index is 11.9. The molecule has 1 aliphatic rings. The smallest absolute Gasteiger partial charge is 0.258 e. The van der Waals surface area contributed by atoms with E-state index >= 15 is 0 Å². The molecule has 1 fully saturated rings. The minimum Gasteiger partial charge on any atom is -0.484 e. The van der Waals surface area contributed by atoms with E-state index in [4.69, 9.17) is 22.1 Å². The molecule has 2 rings (SSSR count). The minimum atomic E-state index is -0.0929. The van der Waals surface area contributed by atoms with Crippen LogP contribution in [0.25, 0.3) is 0 Å². The standard InChI is InChI=1S/C15H21ClN2O2.ClH/c1-10-7-12(16)5-6-14(10)20-9-15(19)18-13-4-2-3-11(13)8-17;/h5-7,11,13H,2-4,8-9,17H2,1H3,(H,18,19);1H. The molecule has 1 amide bonds. The van der Waals surface area contributed by atoms with E-state index in [2.05, 4.69) is 5.32 Å². The first-order valence-electron chi connectivity index (χ1n) is 6.98. The van der Waals surface area contributed by atoms with Crippen LogP contribution in [0.2, 0.25) is 5.02 Å². The Morgan fingerprint density at radius 3 is 2.90 bits per heavy atom. The van der Waals surface area contributed by atoms with Gasteiger partial charge in [0.1, 0.15) is 5.75 Å². The van der Waals surface area contributed by atoms with E-state index in [0.717, 1.165) is 24.8 Å². The fourth-order valence-corrected chi connectivity index (χ4v) is 2.90. The average molecular weight is 333 g/mol. The van der Waals surface area contributed by atoms with Gasteiger partial charge in [0.15, 0.2) is 6.61 Å². The average Bonchev–Trinajstić information content (AvgIpc) is 2.85. The van der Waals surface area contributed by atoms with Gasteiger partial charge in [-0.15, -0.1) is 12.4 Å². The Kier molecular flexibility index (Phi) is 7.29. The molecule has 21 heavy (non-hydrogen) atoms. The molecule has 2 atom stereocenters.